The van der Waals surface area contributed by atoms with Gasteiger partial charge in [-0.05, 0) is 62.9 Å². The van der Waals surface area contributed by atoms with E-state index >= 15 is 0 Å². The molecule has 18 heavy (non-hydrogen) atoms. The maximum absolute atomic E-state index is 5.75. The van der Waals surface area contributed by atoms with Crippen molar-refractivity contribution in [2.24, 2.45) is 5.92 Å². The summed E-state index contributed by atoms with van der Waals surface area (Å²) in [5, 5.41) is 0. The largest absolute Gasteiger partial charge is 0.399 e. The van der Waals surface area contributed by atoms with Crippen molar-refractivity contribution in [3.05, 3.63) is 29.8 Å². The van der Waals surface area contributed by atoms with E-state index < -0.39 is 0 Å². The van der Waals surface area contributed by atoms with Crippen LogP contribution in [0.5, 0.6) is 0 Å². The lowest BCUT2D eigenvalue weighted by molar-refractivity contribution is 0.216. The van der Waals surface area contributed by atoms with Gasteiger partial charge in [0.25, 0.3) is 0 Å². The second kappa shape index (κ2) is 6.24. The summed E-state index contributed by atoms with van der Waals surface area (Å²) in [5.41, 5.74) is 8.00. The van der Waals surface area contributed by atoms with Crippen LogP contribution in [-0.2, 0) is 0 Å². The normalized spacial score (nSPS) is 23.6. The molecule has 0 spiro atoms. The third kappa shape index (κ3) is 3.26. The molecule has 2 N–H and O–H groups in total. The molecule has 1 saturated heterocycles. The molecule has 0 saturated carbocycles. The number of benzene rings is 1. The SMILES string of the molecule is CCC1CCCN(C(C)c2ccc(N)cc2)CC1. The topological polar surface area (TPSA) is 29.3 Å². The Balaban J connectivity index is 2.00. The van der Waals surface area contributed by atoms with Gasteiger partial charge >= 0.3 is 0 Å². The summed E-state index contributed by atoms with van der Waals surface area (Å²) in [5.74, 6) is 0.939. The molecule has 1 aromatic rings. The maximum atomic E-state index is 5.75. The van der Waals surface area contributed by atoms with Gasteiger partial charge in [0.1, 0.15) is 0 Å². The molecule has 2 rings (SSSR count). The van der Waals surface area contributed by atoms with Gasteiger partial charge in [-0.15, -0.1) is 0 Å². The van der Waals surface area contributed by atoms with Crippen LogP contribution >= 0.6 is 0 Å². The third-order valence-corrected chi connectivity index (χ3v) is 4.43. The maximum Gasteiger partial charge on any atom is 0.0319 e. The van der Waals surface area contributed by atoms with Crippen LogP contribution in [0, 0.1) is 5.92 Å². The van der Waals surface area contributed by atoms with Crippen LogP contribution < -0.4 is 5.73 Å². The molecule has 1 fully saturated rings. The lowest BCUT2D eigenvalue weighted by Gasteiger charge is -2.28. The molecule has 2 nitrogen and oxygen atoms in total. The van der Waals surface area contributed by atoms with Crippen LogP contribution in [0.25, 0.3) is 0 Å². The fourth-order valence-electron chi connectivity index (χ4n) is 2.97. The van der Waals surface area contributed by atoms with Crippen molar-refractivity contribution in [3.8, 4) is 0 Å². The van der Waals surface area contributed by atoms with Crippen LogP contribution in [0.4, 0.5) is 5.69 Å². The number of rotatable bonds is 3. The fraction of sp³-hybridized carbons (Fsp3) is 0.625. The highest BCUT2D eigenvalue weighted by atomic mass is 15.1. The van der Waals surface area contributed by atoms with Crippen molar-refractivity contribution in [1.82, 2.24) is 4.90 Å². The van der Waals surface area contributed by atoms with Crippen LogP contribution in [0.3, 0.4) is 0 Å². The molecule has 1 aliphatic heterocycles. The molecule has 0 aromatic heterocycles. The molecule has 1 aromatic carbocycles. The minimum Gasteiger partial charge on any atom is -0.399 e. The number of hydrogen-bond donors (Lipinski definition) is 1. The molecule has 0 bridgehead atoms. The van der Waals surface area contributed by atoms with Gasteiger partial charge in [-0.1, -0.05) is 25.5 Å². The summed E-state index contributed by atoms with van der Waals surface area (Å²) in [7, 11) is 0. The number of nitrogens with zero attached hydrogens (tertiary/aromatic N) is 1. The highest BCUT2D eigenvalue weighted by Gasteiger charge is 2.20. The van der Waals surface area contributed by atoms with Gasteiger partial charge in [-0.2, -0.15) is 0 Å². The zero-order chi connectivity index (χ0) is 13.0. The Morgan fingerprint density at radius 2 is 1.94 bits per heavy atom. The third-order valence-electron chi connectivity index (χ3n) is 4.43. The zero-order valence-corrected chi connectivity index (χ0v) is 11.7. The monoisotopic (exact) mass is 246 g/mol. The Hall–Kier alpha value is -1.02. The zero-order valence-electron chi connectivity index (χ0n) is 11.7. The summed E-state index contributed by atoms with van der Waals surface area (Å²) in [6.45, 7) is 7.12. The molecule has 100 valence electrons. The van der Waals surface area contributed by atoms with E-state index in [1.54, 1.807) is 0 Å². The lowest BCUT2D eigenvalue weighted by atomic mass is 9.98. The molecule has 1 heterocycles. The smallest absolute Gasteiger partial charge is 0.0319 e. The first-order chi connectivity index (χ1) is 8.70. The number of anilines is 1. The van der Waals surface area contributed by atoms with Crippen molar-refractivity contribution < 1.29 is 0 Å². The molecule has 0 radical (unpaired) electrons. The van der Waals surface area contributed by atoms with Gasteiger partial charge in [0, 0.05) is 11.7 Å². The highest BCUT2D eigenvalue weighted by molar-refractivity contribution is 5.40. The number of nitrogen functional groups attached to an aromatic ring is 1. The van der Waals surface area contributed by atoms with Crippen molar-refractivity contribution in [3.63, 3.8) is 0 Å². The van der Waals surface area contributed by atoms with Crippen molar-refractivity contribution in [2.45, 2.75) is 45.6 Å². The fourth-order valence-corrected chi connectivity index (χ4v) is 2.97. The molecule has 1 aliphatic rings. The quantitative estimate of drug-likeness (QED) is 0.821. The van der Waals surface area contributed by atoms with E-state index in [9.17, 15) is 0 Å². The first kappa shape index (κ1) is 13.4. The standard InChI is InChI=1S/C16H26N2/c1-3-14-5-4-11-18(12-10-14)13(2)15-6-8-16(17)9-7-15/h6-9,13-14H,3-5,10-12,17H2,1-2H3. The van der Waals surface area contributed by atoms with E-state index in [0.29, 0.717) is 6.04 Å². The molecule has 2 heteroatoms. The number of nitrogens with two attached hydrogens (primary N) is 1. The van der Waals surface area contributed by atoms with E-state index in [2.05, 4.69) is 30.9 Å². The first-order valence-electron chi connectivity index (χ1n) is 7.30. The van der Waals surface area contributed by atoms with Gasteiger partial charge in [-0.3, -0.25) is 4.90 Å². The van der Waals surface area contributed by atoms with Gasteiger partial charge in [0.15, 0.2) is 0 Å². The van der Waals surface area contributed by atoms with E-state index in [0.717, 1.165) is 11.6 Å². The summed E-state index contributed by atoms with van der Waals surface area (Å²) in [6, 6.07) is 8.88. The van der Waals surface area contributed by atoms with E-state index in [1.807, 2.05) is 12.1 Å². The van der Waals surface area contributed by atoms with Gasteiger partial charge in [0.2, 0.25) is 0 Å². The Labute approximate surface area is 111 Å². The molecular formula is C16H26N2. The second-order valence-corrected chi connectivity index (χ2v) is 5.58. The minimum atomic E-state index is 0.515. The first-order valence-corrected chi connectivity index (χ1v) is 7.30. The van der Waals surface area contributed by atoms with Gasteiger partial charge in [-0.25, -0.2) is 0 Å². The van der Waals surface area contributed by atoms with Crippen LogP contribution in [-0.4, -0.2) is 18.0 Å². The van der Waals surface area contributed by atoms with Crippen LogP contribution in [0.2, 0.25) is 0 Å². The summed E-state index contributed by atoms with van der Waals surface area (Å²) >= 11 is 0. The molecular weight excluding hydrogens is 220 g/mol. The molecule has 0 amide bonds. The van der Waals surface area contributed by atoms with Gasteiger partial charge < -0.3 is 5.73 Å². The summed E-state index contributed by atoms with van der Waals surface area (Å²) in [4.78, 5) is 2.63. The van der Waals surface area contributed by atoms with Crippen molar-refractivity contribution >= 4 is 5.69 Å². The minimum absolute atomic E-state index is 0.515. The van der Waals surface area contributed by atoms with Crippen LogP contribution in [0.1, 0.15) is 51.1 Å². The predicted molar refractivity (Wildman–Crippen MR) is 78.5 cm³/mol. The van der Waals surface area contributed by atoms with E-state index in [1.165, 1.54) is 44.3 Å². The molecule has 0 aliphatic carbocycles. The highest BCUT2D eigenvalue weighted by Crippen LogP contribution is 2.27. The lowest BCUT2D eigenvalue weighted by Crippen LogP contribution is -2.28. The number of likely N-dealkylation sites (tertiary alicyclic amines) is 1. The Bertz CT molecular complexity index is 358. The Morgan fingerprint density at radius 3 is 2.61 bits per heavy atom. The Kier molecular flexibility index (Phi) is 4.65. The number of hydrogen-bond acceptors (Lipinski definition) is 2. The van der Waals surface area contributed by atoms with Crippen LogP contribution in [0.15, 0.2) is 24.3 Å². The van der Waals surface area contributed by atoms with Crippen molar-refractivity contribution in [1.29, 1.82) is 0 Å². The summed E-state index contributed by atoms with van der Waals surface area (Å²) in [6.07, 6.45) is 5.44. The van der Waals surface area contributed by atoms with Crippen molar-refractivity contribution in [2.75, 3.05) is 18.8 Å². The van der Waals surface area contributed by atoms with Gasteiger partial charge in [0.05, 0.1) is 0 Å². The predicted octanol–water partition coefficient (Wildman–Crippen LogP) is 3.84. The Morgan fingerprint density at radius 1 is 1.22 bits per heavy atom. The van der Waals surface area contributed by atoms with E-state index in [-0.39, 0.29) is 0 Å². The molecule has 2 atom stereocenters. The molecule has 2 unspecified atom stereocenters. The summed E-state index contributed by atoms with van der Waals surface area (Å²) < 4.78 is 0. The average Bonchev–Trinajstić information content (AvgIpc) is 2.64. The second-order valence-electron chi connectivity index (χ2n) is 5.58. The van der Waals surface area contributed by atoms with E-state index in [4.69, 9.17) is 5.73 Å². The average molecular weight is 246 g/mol.